The molecule has 0 amide bonds. The highest BCUT2D eigenvalue weighted by Gasteiger charge is 2.26. The smallest absolute Gasteiger partial charge is 0.252 e. The Kier molecular flexibility index (Phi) is 3.88. The summed E-state index contributed by atoms with van der Waals surface area (Å²) in [6, 6.07) is 4.39. The molecule has 110 valence electrons. The minimum Gasteiger partial charge on any atom is -0.618 e. The zero-order valence-electron chi connectivity index (χ0n) is 10.0. The Morgan fingerprint density at radius 1 is 0.762 bits per heavy atom. The molecule has 0 radical (unpaired) electrons. The van der Waals surface area contributed by atoms with E-state index in [1.807, 2.05) is 0 Å². The van der Waals surface area contributed by atoms with Crippen molar-refractivity contribution in [3.63, 3.8) is 0 Å². The molecule has 0 fully saturated rings. The van der Waals surface area contributed by atoms with Crippen LogP contribution in [-0.4, -0.2) is 11.0 Å². The van der Waals surface area contributed by atoms with Crippen LogP contribution in [0.1, 0.15) is 5.56 Å². The maximum absolute atomic E-state index is 13.4. The second-order valence-electron chi connectivity index (χ2n) is 3.89. The summed E-state index contributed by atoms with van der Waals surface area (Å²) in [7, 11) is 0. The van der Waals surface area contributed by atoms with Gasteiger partial charge in [0.1, 0.15) is 5.56 Å². The Balaban J connectivity index is 2.64. The van der Waals surface area contributed by atoms with Crippen molar-refractivity contribution in [1.82, 2.24) is 0 Å². The molecule has 2 nitrogen and oxygen atoms in total. The molecular formula is C13H5F6NO. The number of rotatable bonds is 2. The van der Waals surface area contributed by atoms with Crippen LogP contribution in [0.2, 0.25) is 0 Å². The van der Waals surface area contributed by atoms with Crippen LogP contribution in [-0.2, 0) is 0 Å². The number of benzene rings is 2. The van der Waals surface area contributed by atoms with E-state index in [9.17, 15) is 31.5 Å². The Labute approximate surface area is 114 Å². The van der Waals surface area contributed by atoms with Crippen molar-refractivity contribution in [3.05, 3.63) is 69.9 Å². The first-order chi connectivity index (χ1) is 9.84. The first-order valence-electron chi connectivity index (χ1n) is 5.41. The van der Waals surface area contributed by atoms with Gasteiger partial charge in [-0.3, -0.25) is 0 Å². The fourth-order valence-corrected chi connectivity index (χ4v) is 1.55. The van der Waals surface area contributed by atoms with Gasteiger partial charge in [-0.15, -0.1) is 0 Å². The third kappa shape index (κ3) is 2.56. The van der Waals surface area contributed by atoms with Crippen LogP contribution in [0.5, 0.6) is 0 Å². The first kappa shape index (κ1) is 14.9. The molecule has 0 bridgehead atoms. The molecule has 21 heavy (non-hydrogen) atoms. The van der Waals surface area contributed by atoms with Gasteiger partial charge >= 0.3 is 0 Å². The summed E-state index contributed by atoms with van der Waals surface area (Å²) >= 11 is 0. The highest BCUT2D eigenvalue weighted by molar-refractivity contribution is 5.77. The van der Waals surface area contributed by atoms with Crippen molar-refractivity contribution in [3.8, 4) is 0 Å². The van der Waals surface area contributed by atoms with Gasteiger partial charge in [-0.2, -0.15) is 9.13 Å². The molecule has 0 aliphatic carbocycles. The van der Waals surface area contributed by atoms with E-state index in [1.165, 1.54) is 12.1 Å². The second-order valence-corrected chi connectivity index (χ2v) is 3.89. The summed E-state index contributed by atoms with van der Waals surface area (Å²) in [5, 5.41) is 11.6. The average Bonchev–Trinajstić information content (AvgIpc) is 2.48. The van der Waals surface area contributed by atoms with Crippen molar-refractivity contribution in [1.29, 1.82) is 0 Å². The van der Waals surface area contributed by atoms with E-state index in [1.54, 1.807) is 0 Å². The summed E-state index contributed by atoms with van der Waals surface area (Å²) in [6.07, 6.45) is 0.0781. The number of hydrogen-bond acceptors (Lipinski definition) is 1. The summed E-state index contributed by atoms with van der Waals surface area (Å²) in [6.45, 7) is 0. The van der Waals surface area contributed by atoms with Gasteiger partial charge in [0.05, 0.1) is 0 Å². The lowest BCUT2D eigenvalue weighted by Crippen LogP contribution is -2.10. The largest absolute Gasteiger partial charge is 0.618 e. The molecule has 0 aromatic heterocycles. The molecule has 2 aromatic rings. The molecule has 0 spiro atoms. The van der Waals surface area contributed by atoms with Gasteiger partial charge in [-0.05, 0) is 6.07 Å². The number of para-hydroxylation sites is 1. The van der Waals surface area contributed by atoms with Crippen LogP contribution < -0.4 is 0 Å². The summed E-state index contributed by atoms with van der Waals surface area (Å²) < 4.78 is 78.5. The lowest BCUT2D eigenvalue weighted by atomic mass is 10.2. The van der Waals surface area contributed by atoms with E-state index >= 15 is 0 Å². The van der Waals surface area contributed by atoms with Crippen LogP contribution in [0, 0.1) is 40.1 Å². The topological polar surface area (TPSA) is 26.1 Å². The van der Waals surface area contributed by atoms with Gasteiger partial charge in [-0.1, -0.05) is 12.1 Å². The van der Waals surface area contributed by atoms with Gasteiger partial charge in [-0.25, -0.2) is 22.0 Å². The monoisotopic (exact) mass is 305 g/mol. The van der Waals surface area contributed by atoms with Crippen LogP contribution >= 0.6 is 0 Å². The average molecular weight is 305 g/mol. The summed E-state index contributed by atoms with van der Waals surface area (Å²) in [5.74, 6) is -12.1. The predicted molar refractivity (Wildman–Crippen MR) is 61.1 cm³/mol. The highest BCUT2D eigenvalue weighted by atomic mass is 19.2. The molecule has 0 aliphatic rings. The van der Waals surface area contributed by atoms with Crippen molar-refractivity contribution < 1.29 is 31.1 Å². The maximum atomic E-state index is 13.4. The van der Waals surface area contributed by atoms with E-state index in [0.29, 0.717) is 0 Å². The minimum absolute atomic E-state index is 0.0781. The van der Waals surface area contributed by atoms with Crippen molar-refractivity contribution in [2.24, 2.45) is 0 Å². The van der Waals surface area contributed by atoms with Crippen LogP contribution in [0.3, 0.4) is 0 Å². The molecule has 2 aromatic carbocycles. The highest BCUT2D eigenvalue weighted by Crippen LogP contribution is 2.23. The lowest BCUT2D eigenvalue weighted by molar-refractivity contribution is -0.357. The van der Waals surface area contributed by atoms with Gasteiger partial charge in [0.15, 0.2) is 35.3 Å². The fraction of sp³-hybridized carbons (Fsp3) is 0. The molecule has 0 saturated carbocycles. The van der Waals surface area contributed by atoms with Gasteiger partial charge in [0.2, 0.25) is 5.82 Å². The third-order valence-corrected chi connectivity index (χ3v) is 2.58. The Bertz CT molecular complexity index is 715. The van der Waals surface area contributed by atoms with E-state index in [0.717, 1.165) is 12.1 Å². The summed E-state index contributed by atoms with van der Waals surface area (Å²) in [4.78, 5) is 0. The van der Waals surface area contributed by atoms with Crippen molar-refractivity contribution >= 4 is 11.9 Å². The van der Waals surface area contributed by atoms with Crippen molar-refractivity contribution in [2.75, 3.05) is 0 Å². The van der Waals surface area contributed by atoms with Gasteiger partial charge < -0.3 is 5.21 Å². The van der Waals surface area contributed by atoms with Crippen LogP contribution in [0.25, 0.3) is 0 Å². The van der Waals surface area contributed by atoms with E-state index in [-0.39, 0.29) is 11.0 Å². The number of hydrogen-bond donors (Lipinski definition) is 0. The molecule has 0 N–H and O–H groups in total. The maximum Gasteiger partial charge on any atom is 0.252 e. The zero-order chi connectivity index (χ0) is 15.7. The molecule has 2 rings (SSSR count). The molecule has 0 aliphatic heterocycles. The van der Waals surface area contributed by atoms with Crippen LogP contribution in [0.15, 0.2) is 24.3 Å². The number of nitrogens with zero attached hydrogens (tertiary/aromatic N) is 1. The molecule has 0 atom stereocenters. The SMILES string of the molecule is [O-][N+](=Cc1c(F)c(F)c(F)c(F)c1F)c1ccccc1F. The normalized spacial score (nSPS) is 11.8. The Morgan fingerprint density at radius 3 is 1.76 bits per heavy atom. The van der Waals surface area contributed by atoms with Gasteiger partial charge in [0, 0.05) is 6.07 Å². The minimum atomic E-state index is -2.34. The Hall–Kier alpha value is -2.51. The van der Waals surface area contributed by atoms with E-state index < -0.39 is 46.2 Å². The zero-order valence-corrected chi connectivity index (χ0v) is 10.0. The fourth-order valence-electron chi connectivity index (χ4n) is 1.55. The Morgan fingerprint density at radius 2 is 1.24 bits per heavy atom. The quantitative estimate of drug-likeness (QED) is 0.158. The van der Waals surface area contributed by atoms with E-state index in [4.69, 9.17) is 0 Å². The first-order valence-corrected chi connectivity index (χ1v) is 5.41. The molecular weight excluding hydrogens is 300 g/mol. The molecule has 0 saturated heterocycles. The van der Waals surface area contributed by atoms with Gasteiger partial charge in [0.25, 0.3) is 5.69 Å². The molecule has 0 heterocycles. The standard InChI is InChI=1S/C13H5F6NO/c14-7-3-1-2-4-8(7)20(21)5-6-9(15)11(17)13(19)12(18)10(6)16/h1-5H. The second kappa shape index (κ2) is 5.47. The van der Waals surface area contributed by atoms with E-state index in [2.05, 4.69) is 0 Å². The van der Waals surface area contributed by atoms with Crippen molar-refractivity contribution in [2.45, 2.75) is 0 Å². The molecule has 8 heteroatoms. The predicted octanol–water partition coefficient (Wildman–Crippen LogP) is 3.78. The number of halogens is 6. The third-order valence-electron chi connectivity index (χ3n) is 2.58. The van der Waals surface area contributed by atoms with Crippen LogP contribution in [0.4, 0.5) is 32.0 Å². The molecule has 0 unspecified atom stereocenters. The summed E-state index contributed by atoms with van der Waals surface area (Å²) in [5.41, 5.74) is -2.09. The lowest BCUT2D eigenvalue weighted by Gasteiger charge is -2.06.